The molecule has 1 N–H and O–H groups in total. The summed E-state index contributed by atoms with van der Waals surface area (Å²) in [4.78, 5) is 12.5. The van der Waals surface area contributed by atoms with E-state index >= 15 is 0 Å². The highest BCUT2D eigenvalue weighted by atomic mass is 35.5. The number of aromatic nitrogens is 4. The zero-order valence-electron chi connectivity index (χ0n) is 14.7. The molecule has 11 heteroatoms. The standard InChI is InChI=1S/C17H14ClF4N5O/c1-17(2,27-7-9(18)6-23-27)16(28)24-13-3-4-26(25-13)8-10-14(21)11(19)5-12(20)15(10)22/h3-7H,8H2,1-2H3,(H,24,25,28). The van der Waals surface area contributed by atoms with Crippen molar-refractivity contribution in [2.24, 2.45) is 0 Å². The van der Waals surface area contributed by atoms with E-state index in [0.717, 1.165) is 4.68 Å². The van der Waals surface area contributed by atoms with E-state index in [1.54, 1.807) is 13.8 Å². The third-order valence-electron chi connectivity index (χ3n) is 4.08. The van der Waals surface area contributed by atoms with Crippen LogP contribution >= 0.6 is 11.6 Å². The maximum atomic E-state index is 13.8. The van der Waals surface area contributed by atoms with Gasteiger partial charge in [-0.3, -0.25) is 14.2 Å². The molecule has 3 rings (SSSR count). The third kappa shape index (κ3) is 3.72. The fourth-order valence-electron chi connectivity index (χ4n) is 2.42. The van der Waals surface area contributed by atoms with Crippen LogP contribution in [0.5, 0.6) is 0 Å². The molecule has 2 heterocycles. The highest BCUT2D eigenvalue weighted by Gasteiger charge is 2.31. The molecular formula is C17H14ClF4N5O. The van der Waals surface area contributed by atoms with E-state index in [0.29, 0.717) is 5.02 Å². The molecule has 3 aromatic rings. The predicted molar refractivity (Wildman–Crippen MR) is 92.8 cm³/mol. The summed E-state index contributed by atoms with van der Waals surface area (Å²) in [5, 5.41) is 10.8. The molecule has 0 aliphatic heterocycles. The van der Waals surface area contributed by atoms with Gasteiger partial charge < -0.3 is 5.32 Å². The summed E-state index contributed by atoms with van der Waals surface area (Å²) < 4.78 is 56.6. The van der Waals surface area contributed by atoms with Crippen LogP contribution in [0.2, 0.25) is 5.02 Å². The fourth-order valence-corrected chi connectivity index (χ4v) is 2.56. The lowest BCUT2D eigenvalue weighted by molar-refractivity contribution is -0.123. The van der Waals surface area contributed by atoms with Crippen LogP contribution in [0, 0.1) is 23.3 Å². The molecule has 0 atom stereocenters. The summed E-state index contributed by atoms with van der Waals surface area (Å²) in [5.74, 6) is -6.42. The van der Waals surface area contributed by atoms with Gasteiger partial charge in [-0.25, -0.2) is 17.6 Å². The van der Waals surface area contributed by atoms with Crippen LogP contribution < -0.4 is 5.32 Å². The first-order chi connectivity index (χ1) is 13.1. The van der Waals surface area contributed by atoms with Crippen molar-refractivity contribution in [3.63, 3.8) is 0 Å². The molecule has 0 radical (unpaired) electrons. The van der Waals surface area contributed by atoms with E-state index < -0.39 is 46.8 Å². The fraction of sp³-hybridized carbons (Fsp3) is 0.235. The van der Waals surface area contributed by atoms with Crippen molar-refractivity contribution in [3.8, 4) is 0 Å². The van der Waals surface area contributed by atoms with E-state index in [1.807, 2.05) is 0 Å². The van der Waals surface area contributed by atoms with Gasteiger partial charge in [0.1, 0.15) is 5.54 Å². The second-order valence-electron chi connectivity index (χ2n) is 6.46. The van der Waals surface area contributed by atoms with Gasteiger partial charge in [-0.05, 0) is 13.8 Å². The van der Waals surface area contributed by atoms with Crippen LogP contribution in [0.1, 0.15) is 19.4 Å². The number of halogens is 5. The minimum absolute atomic E-state index is 0.0778. The minimum atomic E-state index is -1.51. The normalized spacial score (nSPS) is 11.7. The van der Waals surface area contributed by atoms with Gasteiger partial charge in [-0.1, -0.05) is 11.6 Å². The quantitative estimate of drug-likeness (QED) is 0.510. The van der Waals surface area contributed by atoms with E-state index in [2.05, 4.69) is 15.5 Å². The van der Waals surface area contributed by atoms with Crippen LogP contribution in [0.25, 0.3) is 0 Å². The van der Waals surface area contributed by atoms with Crippen LogP contribution in [-0.4, -0.2) is 25.5 Å². The lowest BCUT2D eigenvalue weighted by Crippen LogP contribution is -2.40. The first-order valence-electron chi connectivity index (χ1n) is 7.97. The first-order valence-corrected chi connectivity index (χ1v) is 8.35. The van der Waals surface area contributed by atoms with Crippen molar-refractivity contribution in [1.82, 2.24) is 19.6 Å². The number of rotatable bonds is 5. The van der Waals surface area contributed by atoms with Crippen molar-refractivity contribution in [3.05, 3.63) is 64.6 Å². The van der Waals surface area contributed by atoms with Gasteiger partial charge in [-0.15, -0.1) is 0 Å². The summed E-state index contributed by atoms with van der Waals surface area (Å²) in [6.07, 6.45) is 4.16. The number of benzene rings is 1. The largest absolute Gasteiger partial charge is 0.307 e. The lowest BCUT2D eigenvalue weighted by atomic mass is 10.1. The summed E-state index contributed by atoms with van der Waals surface area (Å²) >= 11 is 5.81. The van der Waals surface area contributed by atoms with Gasteiger partial charge >= 0.3 is 0 Å². The molecule has 0 spiro atoms. The van der Waals surface area contributed by atoms with Crippen molar-refractivity contribution >= 4 is 23.3 Å². The molecule has 0 unspecified atom stereocenters. The lowest BCUT2D eigenvalue weighted by Gasteiger charge is -2.23. The molecule has 1 aromatic carbocycles. The van der Waals surface area contributed by atoms with Crippen molar-refractivity contribution in [2.75, 3.05) is 5.32 Å². The molecular weight excluding hydrogens is 402 g/mol. The van der Waals surface area contributed by atoms with Crippen LogP contribution in [0.4, 0.5) is 23.4 Å². The molecule has 6 nitrogen and oxygen atoms in total. The van der Waals surface area contributed by atoms with Crippen LogP contribution in [0.15, 0.2) is 30.7 Å². The Morgan fingerprint density at radius 3 is 2.43 bits per heavy atom. The van der Waals surface area contributed by atoms with E-state index in [9.17, 15) is 22.4 Å². The van der Waals surface area contributed by atoms with Crippen molar-refractivity contribution in [1.29, 1.82) is 0 Å². The number of carbonyl (C=O) groups excluding carboxylic acids is 1. The number of hydrogen-bond acceptors (Lipinski definition) is 3. The highest BCUT2D eigenvalue weighted by molar-refractivity contribution is 6.30. The van der Waals surface area contributed by atoms with Crippen molar-refractivity contribution < 1.29 is 22.4 Å². The molecule has 0 aliphatic carbocycles. The topological polar surface area (TPSA) is 64.7 Å². The average Bonchev–Trinajstić information content (AvgIpc) is 3.26. The summed E-state index contributed by atoms with van der Waals surface area (Å²) in [5.41, 5.74) is -1.93. The average molecular weight is 416 g/mol. The molecule has 0 saturated carbocycles. The van der Waals surface area contributed by atoms with Gasteiger partial charge in [0.15, 0.2) is 29.1 Å². The summed E-state index contributed by atoms with van der Waals surface area (Å²) in [7, 11) is 0. The second-order valence-corrected chi connectivity index (χ2v) is 6.90. The Labute approximate surface area is 161 Å². The molecule has 28 heavy (non-hydrogen) atoms. The smallest absolute Gasteiger partial charge is 0.252 e. The van der Waals surface area contributed by atoms with Crippen LogP contribution in [-0.2, 0) is 16.9 Å². The van der Waals surface area contributed by atoms with E-state index in [1.165, 1.54) is 29.3 Å². The zero-order chi connectivity index (χ0) is 20.6. The Kier molecular flexibility index (Phi) is 5.16. The van der Waals surface area contributed by atoms with E-state index in [-0.39, 0.29) is 11.9 Å². The molecule has 0 fully saturated rings. The Bertz CT molecular complexity index is 1020. The monoisotopic (exact) mass is 415 g/mol. The van der Waals surface area contributed by atoms with Gasteiger partial charge in [0, 0.05) is 24.5 Å². The molecule has 148 valence electrons. The summed E-state index contributed by atoms with van der Waals surface area (Å²) in [6, 6.07) is 1.50. The number of nitrogens with one attached hydrogen (secondary N) is 1. The Hall–Kier alpha value is -2.88. The number of amides is 1. The molecule has 0 saturated heterocycles. The molecule has 0 bridgehead atoms. The van der Waals surface area contributed by atoms with Gasteiger partial charge in [0.05, 0.1) is 23.3 Å². The van der Waals surface area contributed by atoms with Crippen LogP contribution in [0.3, 0.4) is 0 Å². The number of hydrogen-bond donors (Lipinski definition) is 1. The van der Waals surface area contributed by atoms with Gasteiger partial charge in [0.2, 0.25) is 0 Å². The van der Waals surface area contributed by atoms with E-state index in [4.69, 9.17) is 11.6 Å². The molecule has 0 aliphatic rings. The summed E-state index contributed by atoms with van der Waals surface area (Å²) in [6.45, 7) is 2.63. The number of nitrogens with zero attached hydrogens (tertiary/aromatic N) is 4. The number of anilines is 1. The SMILES string of the molecule is CC(C)(C(=O)Nc1ccn(Cc2c(F)c(F)cc(F)c2F)n1)n1cc(Cl)cn1. The molecule has 1 amide bonds. The van der Waals surface area contributed by atoms with Gasteiger partial charge in [0.25, 0.3) is 5.91 Å². The Morgan fingerprint density at radius 1 is 1.21 bits per heavy atom. The van der Waals surface area contributed by atoms with Crippen molar-refractivity contribution in [2.45, 2.75) is 25.9 Å². The Balaban J connectivity index is 1.77. The predicted octanol–water partition coefficient (Wildman–Crippen LogP) is 3.71. The van der Waals surface area contributed by atoms with Gasteiger partial charge in [-0.2, -0.15) is 10.2 Å². The Morgan fingerprint density at radius 2 is 1.86 bits per heavy atom. The zero-order valence-corrected chi connectivity index (χ0v) is 15.4. The first kappa shape index (κ1) is 19.9. The molecule has 2 aromatic heterocycles. The number of carbonyl (C=O) groups is 1. The second kappa shape index (κ2) is 7.27. The third-order valence-corrected chi connectivity index (χ3v) is 4.28. The highest BCUT2D eigenvalue weighted by Crippen LogP contribution is 2.22. The maximum Gasteiger partial charge on any atom is 0.252 e. The minimum Gasteiger partial charge on any atom is -0.307 e. The maximum absolute atomic E-state index is 13.8.